The summed E-state index contributed by atoms with van der Waals surface area (Å²) in [4.78, 5) is 12.9. The molecular weight excluding hydrogens is 254 g/mol. The van der Waals surface area contributed by atoms with E-state index in [1.54, 1.807) is 6.07 Å². The van der Waals surface area contributed by atoms with Gasteiger partial charge in [-0.3, -0.25) is 4.79 Å². The normalized spacial score (nSPS) is 20.9. The van der Waals surface area contributed by atoms with Crippen molar-refractivity contribution in [1.29, 1.82) is 0 Å². The van der Waals surface area contributed by atoms with E-state index in [1.807, 2.05) is 36.4 Å². The van der Waals surface area contributed by atoms with E-state index in [0.29, 0.717) is 11.5 Å². The molecule has 2 atom stereocenters. The summed E-state index contributed by atoms with van der Waals surface area (Å²) in [6, 6.07) is 17.9. The molecule has 0 spiro atoms. The van der Waals surface area contributed by atoms with E-state index in [0.717, 1.165) is 11.3 Å². The van der Waals surface area contributed by atoms with Gasteiger partial charge in [0.1, 0.15) is 0 Å². The third-order valence-electron chi connectivity index (χ3n) is 3.44. The molecule has 0 saturated heterocycles. The van der Waals surface area contributed by atoms with Crippen molar-refractivity contribution in [2.24, 2.45) is 0 Å². The quantitative estimate of drug-likeness (QED) is 0.823. The molecule has 19 heavy (non-hydrogen) atoms. The van der Waals surface area contributed by atoms with Crippen LogP contribution in [-0.4, -0.2) is 11.9 Å². The first-order valence-corrected chi connectivity index (χ1v) is 6.83. The molecule has 96 valence electrons. The number of rotatable bonds is 3. The topological polar surface area (TPSA) is 29.1 Å². The maximum absolute atomic E-state index is 12.1. The van der Waals surface area contributed by atoms with Gasteiger partial charge in [0.05, 0.1) is 0 Å². The second-order valence-corrected chi connectivity index (χ2v) is 5.40. The summed E-state index contributed by atoms with van der Waals surface area (Å²) in [5, 5.41) is 3.07. The van der Waals surface area contributed by atoms with Gasteiger partial charge < -0.3 is 5.32 Å². The Morgan fingerprint density at radius 3 is 2.63 bits per heavy atom. The summed E-state index contributed by atoms with van der Waals surface area (Å²) < 4.78 is 0. The van der Waals surface area contributed by atoms with E-state index < -0.39 is 0 Å². The molecule has 1 aliphatic rings. The van der Waals surface area contributed by atoms with Crippen molar-refractivity contribution in [3.05, 3.63) is 65.7 Å². The molecule has 2 aromatic rings. The van der Waals surface area contributed by atoms with E-state index in [4.69, 9.17) is 0 Å². The highest BCUT2D eigenvalue weighted by atomic mass is 32.1. The van der Waals surface area contributed by atoms with Gasteiger partial charge in [-0.15, -0.1) is 12.6 Å². The maximum Gasteiger partial charge on any atom is 0.251 e. The Labute approximate surface area is 118 Å². The van der Waals surface area contributed by atoms with Crippen LogP contribution in [0.25, 0.3) is 0 Å². The van der Waals surface area contributed by atoms with Crippen LogP contribution in [0.3, 0.4) is 0 Å². The number of nitrogens with one attached hydrogen (secondary N) is 1. The molecule has 1 aliphatic carbocycles. The summed E-state index contributed by atoms with van der Waals surface area (Å²) in [5.74, 6) is 0.448. The zero-order valence-corrected chi connectivity index (χ0v) is 11.3. The van der Waals surface area contributed by atoms with E-state index in [9.17, 15) is 4.79 Å². The largest absolute Gasteiger partial charge is 0.349 e. The molecule has 0 aliphatic heterocycles. The van der Waals surface area contributed by atoms with Crippen molar-refractivity contribution < 1.29 is 4.79 Å². The summed E-state index contributed by atoms with van der Waals surface area (Å²) >= 11 is 4.25. The van der Waals surface area contributed by atoms with Crippen LogP contribution in [-0.2, 0) is 0 Å². The highest BCUT2D eigenvalue weighted by Gasteiger charge is 2.39. The fourth-order valence-corrected chi connectivity index (χ4v) is 2.55. The van der Waals surface area contributed by atoms with E-state index in [2.05, 4.69) is 30.1 Å². The summed E-state index contributed by atoms with van der Waals surface area (Å²) in [6.07, 6.45) is 1.02. The number of carbonyl (C=O) groups excluding carboxylic acids is 1. The number of amides is 1. The van der Waals surface area contributed by atoms with Crippen molar-refractivity contribution >= 4 is 18.5 Å². The molecule has 1 fully saturated rings. The van der Waals surface area contributed by atoms with Crippen LogP contribution in [0.5, 0.6) is 0 Å². The van der Waals surface area contributed by atoms with Gasteiger partial charge in [0, 0.05) is 22.4 Å². The SMILES string of the molecule is O=C(NC1CC1c1ccccc1)c1cccc(S)c1. The molecule has 3 heteroatoms. The molecule has 0 bridgehead atoms. The third kappa shape index (κ3) is 2.82. The van der Waals surface area contributed by atoms with Crippen LogP contribution in [0, 0.1) is 0 Å². The van der Waals surface area contributed by atoms with Gasteiger partial charge >= 0.3 is 0 Å². The molecular formula is C16H15NOS. The van der Waals surface area contributed by atoms with Crippen LogP contribution in [0.4, 0.5) is 0 Å². The summed E-state index contributed by atoms with van der Waals surface area (Å²) in [5.41, 5.74) is 1.97. The molecule has 2 aromatic carbocycles. The van der Waals surface area contributed by atoms with Crippen LogP contribution < -0.4 is 5.32 Å². The minimum Gasteiger partial charge on any atom is -0.349 e. The molecule has 3 rings (SSSR count). The van der Waals surface area contributed by atoms with Gasteiger partial charge in [0.2, 0.25) is 0 Å². The Morgan fingerprint density at radius 1 is 1.11 bits per heavy atom. The first-order chi connectivity index (χ1) is 9.24. The summed E-state index contributed by atoms with van der Waals surface area (Å²) in [7, 11) is 0. The zero-order valence-electron chi connectivity index (χ0n) is 10.4. The van der Waals surface area contributed by atoms with Gasteiger partial charge in [-0.1, -0.05) is 36.4 Å². The number of hydrogen-bond acceptors (Lipinski definition) is 2. The van der Waals surface area contributed by atoms with Gasteiger partial charge in [-0.05, 0) is 30.2 Å². The number of hydrogen-bond donors (Lipinski definition) is 2. The minimum absolute atomic E-state index is 0.0145. The lowest BCUT2D eigenvalue weighted by atomic mass is 10.1. The molecule has 2 nitrogen and oxygen atoms in total. The molecule has 1 saturated carbocycles. The average molecular weight is 269 g/mol. The predicted molar refractivity (Wildman–Crippen MR) is 78.7 cm³/mol. The number of carbonyl (C=O) groups is 1. The first-order valence-electron chi connectivity index (χ1n) is 6.39. The Hall–Kier alpha value is -1.74. The zero-order chi connectivity index (χ0) is 13.2. The Kier molecular flexibility index (Phi) is 3.30. The standard InChI is InChI=1S/C16H15NOS/c18-16(12-7-4-8-13(19)9-12)17-15-10-14(15)11-5-2-1-3-6-11/h1-9,14-15,19H,10H2,(H,17,18). The lowest BCUT2D eigenvalue weighted by Crippen LogP contribution is -2.26. The highest BCUT2D eigenvalue weighted by molar-refractivity contribution is 7.80. The third-order valence-corrected chi connectivity index (χ3v) is 3.72. The Bertz CT molecular complexity index is 597. The summed E-state index contributed by atoms with van der Waals surface area (Å²) in [6.45, 7) is 0. The van der Waals surface area contributed by atoms with E-state index >= 15 is 0 Å². The van der Waals surface area contributed by atoms with Crippen LogP contribution in [0.2, 0.25) is 0 Å². The molecule has 1 N–H and O–H groups in total. The highest BCUT2D eigenvalue weighted by Crippen LogP contribution is 2.40. The predicted octanol–water partition coefficient (Wildman–Crippen LogP) is 3.26. The minimum atomic E-state index is -0.0145. The van der Waals surface area contributed by atoms with Crippen molar-refractivity contribution in [3.8, 4) is 0 Å². The van der Waals surface area contributed by atoms with E-state index in [1.165, 1.54) is 5.56 Å². The number of benzene rings is 2. The van der Waals surface area contributed by atoms with Gasteiger partial charge in [-0.25, -0.2) is 0 Å². The van der Waals surface area contributed by atoms with Crippen molar-refractivity contribution in [3.63, 3.8) is 0 Å². The monoisotopic (exact) mass is 269 g/mol. The molecule has 0 aromatic heterocycles. The molecule has 0 heterocycles. The second kappa shape index (κ2) is 5.10. The Morgan fingerprint density at radius 2 is 1.89 bits per heavy atom. The van der Waals surface area contributed by atoms with Crippen LogP contribution >= 0.6 is 12.6 Å². The second-order valence-electron chi connectivity index (χ2n) is 4.88. The maximum atomic E-state index is 12.1. The number of thiol groups is 1. The fraction of sp³-hybridized carbons (Fsp3) is 0.188. The molecule has 2 unspecified atom stereocenters. The van der Waals surface area contributed by atoms with Crippen LogP contribution in [0.1, 0.15) is 28.3 Å². The lowest BCUT2D eigenvalue weighted by Gasteiger charge is -2.05. The van der Waals surface area contributed by atoms with Crippen molar-refractivity contribution in [1.82, 2.24) is 5.32 Å². The Balaban J connectivity index is 1.64. The van der Waals surface area contributed by atoms with E-state index in [-0.39, 0.29) is 11.9 Å². The van der Waals surface area contributed by atoms with Gasteiger partial charge in [0.25, 0.3) is 5.91 Å². The van der Waals surface area contributed by atoms with Gasteiger partial charge in [0.15, 0.2) is 0 Å². The van der Waals surface area contributed by atoms with Crippen molar-refractivity contribution in [2.75, 3.05) is 0 Å². The molecule has 1 amide bonds. The van der Waals surface area contributed by atoms with Crippen molar-refractivity contribution in [2.45, 2.75) is 23.3 Å². The molecule has 0 radical (unpaired) electrons. The lowest BCUT2D eigenvalue weighted by molar-refractivity contribution is 0.0950. The van der Waals surface area contributed by atoms with Crippen LogP contribution in [0.15, 0.2) is 59.5 Å². The first kappa shape index (κ1) is 12.3. The van der Waals surface area contributed by atoms with Gasteiger partial charge in [-0.2, -0.15) is 0 Å². The smallest absolute Gasteiger partial charge is 0.251 e. The fourth-order valence-electron chi connectivity index (χ4n) is 2.32. The average Bonchev–Trinajstić information content (AvgIpc) is 3.19.